The second kappa shape index (κ2) is 11.8. The summed E-state index contributed by atoms with van der Waals surface area (Å²) in [5.41, 5.74) is -2.10. The van der Waals surface area contributed by atoms with Crippen molar-refractivity contribution in [3.63, 3.8) is 0 Å². The van der Waals surface area contributed by atoms with Gasteiger partial charge >= 0.3 is 18.2 Å². The average Bonchev–Trinajstić information content (AvgIpc) is 3.16. The number of ether oxygens (including phenoxy) is 7. The number of amides is 2. The van der Waals surface area contributed by atoms with Crippen molar-refractivity contribution in [2.24, 2.45) is 0 Å². The number of esters is 1. The number of benzene rings is 2. The number of hydrazine groups is 1. The highest BCUT2D eigenvalue weighted by atomic mass is 16.6. The van der Waals surface area contributed by atoms with Crippen molar-refractivity contribution >= 4 is 23.9 Å². The van der Waals surface area contributed by atoms with E-state index in [1.165, 1.54) is 58.8 Å². The van der Waals surface area contributed by atoms with Gasteiger partial charge in [-0.2, -0.15) is 10.0 Å². The zero-order valence-electron chi connectivity index (χ0n) is 23.4. The molecule has 0 radical (unpaired) electrons. The van der Waals surface area contributed by atoms with Gasteiger partial charge in [-0.05, 0) is 55.8 Å². The van der Waals surface area contributed by atoms with Gasteiger partial charge < -0.3 is 33.2 Å². The summed E-state index contributed by atoms with van der Waals surface area (Å²) in [7, 11) is 5.34. The third-order valence-electron chi connectivity index (χ3n) is 6.55. The zero-order valence-corrected chi connectivity index (χ0v) is 23.4. The molecule has 2 amide bonds. The molecule has 2 heterocycles. The first-order valence-electron chi connectivity index (χ1n) is 12.6. The number of rotatable bonds is 8. The van der Waals surface area contributed by atoms with Crippen molar-refractivity contribution < 1.29 is 52.3 Å². The molecule has 0 fully saturated rings. The van der Waals surface area contributed by atoms with Gasteiger partial charge in [0.05, 0.1) is 45.7 Å². The zero-order chi connectivity index (χ0) is 29.9. The summed E-state index contributed by atoms with van der Waals surface area (Å²) in [5, 5.41) is 1.69. The molecule has 3 aliphatic rings. The van der Waals surface area contributed by atoms with E-state index in [2.05, 4.69) is 0 Å². The van der Waals surface area contributed by atoms with E-state index in [0.717, 1.165) is 10.0 Å². The number of ketones is 1. The third-order valence-corrected chi connectivity index (χ3v) is 6.55. The quantitative estimate of drug-likeness (QED) is 0.259. The summed E-state index contributed by atoms with van der Waals surface area (Å²) in [6, 6.07) is 6.47. The summed E-state index contributed by atoms with van der Waals surface area (Å²) in [4.78, 5) is 54.4. The van der Waals surface area contributed by atoms with Crippen LogP contribution < -0.4 is 18.9 Å². The van der Waals surface area contributed by atoms with Gasteiger partial charge in [0.1, 0.15) is 11.8 Å². The predicted octanol–water partition coefficient (Wildman–Crippen LogP) is 3.91. The Kier molecular flexibility index (Phi) is 8.38. The van der Waals surface area contributed by atoms with Gasteiger partial charge in [0, 0.05) is 7.11 Å². The molecule has 0 unspecified atom stereocenters. The van der Waals surface area contributed by atoms with Gasteiger partial charge in [-0.1, -0.05) is 6.08 Å². The maximum Gasteiger partial charge on any atom is 0.432 e. The molecular formula is C28H30N2O11. The number of carbonyl (C=O) groups excluding carboxylic acids is 4. The second-order valence-corrected chi connectivity index (χ2v) is 8.61. The average molecular weight is 571 g/mol. The molecule has 0 spiro atoms. The fraction of sp³-hybridized carbons (Fsp3) is 0.357. The van der Waals surface area contributed by atoms with E-state index in [9.17, 15) is 19.2 Å². The van der Waals surface area contributed by atoms with Crippen LogP contribution in [0.1, 0.15) is 46.2 Å². The predicted molar refractivity (Wildman–Crippen MR) is 141 cm³/mol. The molecule has 5 rings (SSSR count). The van der Waals surface area contributed by atoms with Crippen LogP contribution in [0.15, 0.2) is 42.5 Å². The largest absolute Gasteiger partial charge is 0.497 e. The Balaban J connectivity index is 1.99. The second-order valence-electron chi connectivity index (χ2n) is 8.61. The molecule has 1 aliphatic carbocycles. The number of nitrogens with zero attached hydrogens (tertiary/aromatic N) is 2. The summed E-state index contributed by atoms with van der Waals surface area (Å²) >= 11 is 0. The minimum atomic E-state index is -2.22. The van der Waals surface area contributed by atoms with Crippen molar-refractivity contribution in [3.05, 3.63) is 59.2 Å². The van der Waals surface area contributed by atoms with Gasteiger partial charge in [-0.15, -0.1) is 0 Å². The number of carbonyl (C=O) groups is 4. The van der Waals surface area contributed by atoms with Crippen LogP contribution in [0, 0.1) is 0 Å². The molecule has 218 valence electrons. The molecule has 0 aromatic heterocycles. The summed E-state index contributed by atoms with van der Waals surface area (Å²) in [5.74, 6) is -1.42. The van der Waals surface area contributed by atoms with Crippen molar-refractivity contribution in [1.29, 1.82) is 0 Å². The summed E-state index contributed by atoms with van der Waals surface area (Å²) < 4.78 is 38.1. The molecule has 13 nitrogen and oxygen atoms in total. The van der Waals surface area contributed by atoms with E-state index < -0.39 is 35.7 Å². The summed E-state index contributed by atoms with van der Waals surface area (Å²) in [6.45, 7) is 3.07. The monoisotopic (exact) mass is 570 g/mol. The standard InChI is InChI=1S/C28H30N2O11/c1-7-39-26(33)29-19-13-14-28(38-6,30(29)27(34)40-8-2)24(31)21-18(19)15-20(36-4)22(37-5)23(21)41-25(32)16-9-11-17(35-3)12-10-16/h9-15,19H,7-8H2,1-6H3/t19-,28-/m0/s1. The SMILES string of the molecule is CCOC(=O)N1[C@H]2C=C[C@](OC)(C(=O)c3c2cc(OC)c(OC)c3OC(=O)c2ccc(OC)cc2)N1C(=O)OCC. The molecular weight excluding hydrogens is 540 g/mol. The van der Waals surface area contributed by atoms with Crippen molar-refractivity contribution in [2.45, 2.75) is 25.6 Å². The molecule has 2 aromatic carbocycles. The minimum absolute atomic E-state index is 0.0279. The molecule has 0 N–H and O–H groups in total. The Labute approximate surface area is 236 Å². The van der Waals surface area contributed by atoms with Gasteiger partial charge in [0.2, 0.25) is 17.3 Å². The van der Waals surface area contributed by atoms with Crippen LogP contribution in [-0.4, -0.2) is 81.3 Å². The van der Waals surface area contributed by atoms with Crippen LogP contribution in [0.25, 0.3) is 0 Å². The summed E-state index contributed by atoms with van der Waals surface area (Å²) in [6.07, 6.45) is 0.832. The van der Waals surface area contributed by atoms with E-state index in [1.807, 2.05) is 0 Å². The van der Waals surface area contributed by atoms with E-state index >= 15 is 0 Å². The van der Waals surface area contributed by atoms with Gasteiger partial charge in [-0.25, -0.2) is 14.4 Å². The molecule has 0 saturated heterocycles. The lowest BCUT2D eigenvalue weighted by Crippen LogP contribution is -2.66. The van der Waals surface area contributed by atoms with Crippen LogP contribution >= 0.6 is 0 Å². The van der Waals surface area contributed by atoms with E-state index in [0.29, 0.717) is 5.75 Å². The molecule has 2 aliphatic heterocycles. The van der Waals surface area contributed by atoms with Gasteiger partial charge in [-0.3, -0.25) is 4.79 Å². The molecule has 0 saturated carbocycles. The minimum Gasteiger partial charge on any atom is -0.497 e. The van der Waals surface area contributed by atoms with E-state index in [1.54, 1.807) is 26.0 Å². The van der Waals surface area contributed by atoms with Crippen LogP contribution in [0.5, 0.6) is 23.0 Å². The highest BCUT2D eigenvalue weighted by Crippen LogP contribution is 2.52. The lowest BCUT2D eigenvalue weighted by Gasteiger charge is -2.46. The fourth-order valence-corrected chi connectivity index (χ4v) is 4.71. The molecule has 13 heteroatoms. The smallest absolute Gasteiger partial charge is 0.432 e. The Bertz CT molecular complexity index is 1390. The number of methoxy groups -OCH3 is 4. The van der Waals surface area contributed by atoms with Crippen molar-refractivity contribution in [3.8, 4) is 23.0 Å². The highest BCUT2D eigenvalue weighted by Gasteiger charge is 2.60. The fourth-order valence-electron chi connectivity index (χ4n) is 4.71. The topological polar surface area (TPSA) is 139 Å². The molecule has 41 heavy (non-hydrogen) atoms. The van der Waals surface area contributed by atoms with Crippen LogP contribution in [0.2, 0.25) is 0 Å². The normalized spacial score (nSPS) is 18.8. The molecule has 2 bridgehead atoms. The Morgan fingerprint density at radius 2 is 1.54 bits per heavy atom. The Morgan fingerprint density at radius 1 is 0.878 bits per heavy atom. The van der Waals surface area contributed by atoms with Crippen LogP contribution in [-0.2, 0) is 14.2 Å². The lowest BCUT2D eigenvalue weighted by atomic mass is 9.95. The highest BCUT2D eigenvalue weighted by molar-refractivity contribution is 6.11. The molecule has 2 atom stereocenters. The van der Waals surface area contributed by atoms with Crippen molar-refractivity contribution in [2.75, 3.05) is 41.7 Å². The number of hydrogen-bond acceptors (Lipinski definition) is 11. The Hall–Kier alpha value is -4.78. The maximum absolute atomic E-state index is 14.5. The maximum atomic E-state index is 14.5. The first kappa shape index (κ1) is 29.2. The van der Waals surface area contributed by atoms with Crippen molar-refractivity contribution in [1.82, 2.24) is 10.0 Å². The van der Waals surface area contributed by atoms with Gasteiger partial charge in [0.15, 0.2) is 11.5 Å². The first-order valence-corrected chi connectivity index (χ1v) is 12.6. The lowest BCUT2D eigenvalue weighted by molar-refractivity contribution is -0.158. The van der Waals surface area contributed by atoms with E-state index in [4.69, 9.17) is 33.2 Å². The third kappa shape index (κ3) is 4.78. The Morgan fingerprint density at radius 3 is 2.10 bits per heavy atom. The molecule has 2 aromatic rings. The van der Waals surface area contributed by atoms with E-state index in [-0.39, 0.29) is 47.2 Å². The van der Waals surface area contributed by atoms with Crippen LogP contribution in [0.4, 0.5) is 9.59 Å². The number of hydrogen-bond donors (Lipinski definition) is 0. The number of Topliss-reactive ketones (excluding diaryl/α,β-unsaturated/α-hetero) is 1. The first-order chi connectivity index (χ1) is 19.7. The number of fused-ring (bicyclic) bond motifs is 1. The van der Waals surface area contributed by atoms with Gasteiger partial charge in [0.25, 0.3) is 0 Å². The van der Waals surface area contributed by atoms with Crippen LogP contribution in [0.3, 0.4) is 0 Å².